The number of aliphatic hydroxyl groups excluding tert-OH is 1. The minimum Gasteiger partial charge on any atom is -0.388 e. The molecule has 0 heterocycles. The van der Waals surface area contributed by atoms with Crippen molar-refractivity contribution in [2.45, 2.75) is 12.5 Å². The van der Waals surface area contributed by atoms with Gasteiger partial charge >= 0.3 is 0 Å². The maximum Gasteiger partial charge on any atom is 0.0836 e. The van der Waals surface area contributed by atoms with Gasteiger partial charge in [-0.2, -0.15) is 0 Å². The van der Waals surface area contributed by atoms with Crippen molar-refractivity contribution in [3.8, 4) is 0 Å². The highest BCUT2D eigenvalue weighted by atomic mass is 16.3. The molecule has 1 aliphatic carbocycles. The number of hydrogen-bond donors (Lipinski definition) is 1. The number of rotatable bonds is 0. The Morgan fingerprint density at radius 2 is 1.59 bits per heavy atom. The van der Waals surface area contributed by atoms with Gasteiger partial charge < -0.3 is 5.11 Å². The molecule has 0 saturated heterocycles. The zero-order valence-electron chi connectivity index (χ0n) is 9.56. The highest BCUT2D eigenvalue weighted by Crippen LogP contribution is 2.36. The zero-order chi connectivity index (χ0) is 11.8. The van der Waals surface area contributed by atoms with Crippen LogP contribution in [0.4, 0.5) is 0 Å². The van der Waals surface area contributed by atoms with Crippen molar-refractivity contribution in [1.29, 1.82) is 0 Å². The first-order valence-electron chi connectivity index (χ1n) is 5.82. The van der Waals surface area contributed by atoms with Crippen LogP contribution in [0, 0.1) is 0 Å². The molecule has 1 atom stereocenters. The molecule has 17 heavy (non-hydrogen) atoms. The molecule has 0 radical (unpaired) electrons. The van der Waals surface area contributed by atoms with Gasteiger partial charge in [-0.1, -0.05) is 55.1 Å². The Bertz CT molecular complexity index is 584. The van der Waals surface area contributed by atoms with Gasteiger partial charge in [-0.05, 0) is 27.8 Å². The SMILES string of the molecule is C=C1c2ccccc2CC(O)c2ccccc21. The Morgan fingerprint density at radius 1 is 0.941 bits per heavy atom. The third-order valence-electron chi connectivity index (χ3n) is 3.40. The Kier molecular flexibility index (Phi) is 2.34. The van der Waals surface area contributed by atoms with Gasteiger partial charge in [0.2, 0.25) is 0 Å². The van der Waals surface area contributed by atoms with Crippen LogP contribution in [0.2, 0.25) is 0 Å². The van der Waals surface area contributed by atoms with E-state index in [0.717, 1.165) is 22.3 Å². The molecule has 2 aromatic rings. The van der Waals surface area contributed by atoms with Gasteiger partial charge in [0.15, 0.2) is 0 Å². The lowest BCUT2D eigenvalue weighted by molar-refractivity contribution is 0.179. The van der Waals surface area contributed by atoms with Gasteiger partial charge in [-0.25, -0.2) is 0 Å². The van der Waals surface area contributed by atoms with Crippen molar-refractivity contribution in [1.82, 2.24) is 0 Å². The van der Waals surface area contributed by atoms with Crippen molar-refractivity contribution in [2.75, 3.05) is 0 Å². The molecule has 0 amide bonds. The third-order valence-corrected chi connectivity index (χ3v) is 3.40. The largest absolute Gasteiger partial charge is 0.388 e. The van der Waals surface area contributed by atoms with E-state index in [1.54, 1.807) is 0 Å². The van der Waals surface area contributed by atoms with E-state index in [4.69, 9.17) is 0 Å². The summed E-state index contributed by atoms with van der Waals surface area (Å²) in [5.74, 6) is 0. The van der Waals surface area contributed by atoms with Crippen LogP contribution in [0.5, 0.6) is 0 Å². The second-order valence-electron chi connectivity index (χ2n) is 4.44. The van der Waals surface area contributed by atoms with Crippen LogP contribution in [-0.2, 0) is 6.42 Å². The number of benzene rings is 2. The summed E-state index contributed by atoms with van der Waals surface area (Å²) in [6.07, 6.45) is 0.221. The second-order valence-corrected chi connectivity index (χ2v) is 4.44. The summed E-state index contributed by atoms with van der Waals surface area (Å²) in [4.78, 5) is 0. The molecule has 84 valence electrons. The van der Waals surface area contributed by atoms with Gasteiger partial charge in [0.25, 0.3) is 0 Å². The minimum absolute atomic E-state index is 0.438. The monoisotopic (exact) mass is 222 g/mol. The Labute approximate surface area is 101 Å². The smallest absolute Gasteiger partial charge is 0.0836 e. The lowest BCUT2D eigenvalue weighted by atomic mass is 9.95. The standard InChI is InChI=1S/C16H14O/c1-11-13-7-3-2-6-12(13)10-16(17)15-9-5-4-8-14(11)15/h2-9,16-17H,1,10H2. The first kappa shape index (κ1) is 10.3. The Balaban J connectivity index is 2.26. The van der Waals surface area contributed by atoms with Crippen molar-refractivity contribution >= 4 is 5.57 Å². The molecule has 3 rings (SSSR count). The lowest BCUT2D eigenvalue weighted by Gasteiger charge is -2.11. The average molecular weight is 222 g/mol. The predicted octanol–water partition coefficient (Wildman–Crippen LogP) is 3.34. The van der Waals surface area contributed by atoms with Crippen molar-refractivity contribution in [3.63, 3.8) is 0 Å². The molecule has 1 aliphatic rings. The van der Waals surface area contributed by atoms with Crippen LogP contribution >= 0.6 is 0 Å². The van der Waals surface area contributed by atoms with Gasteiger partial charge in [0.1, 0.15) is 0 Å². The van der Waals surface area contributed by atoms with Crippen LogP contribution in [0.3, 0.4) is 0 Å². The van der Waals surface area contributed by atoms with Crippen LogP contribution in [0.1, 0.15) is 28.4 Å². The molecule has 1 heteroatoms. The van der Waals surface area contributed by atoms with E-state index in [-0.39, 0.29) is 0 Å². The van der Waals surface area contributed by atoms with Crippen LogP contribution in [0.25, 0.3) is 5.57 Å². The normalized spacial score (nSPS) is 18.2. The van der Waals surface area contributed by atoms with Gasteiger partial charge in [0.05, 0.1) is 6.10 Å². The summed E-state index contributed by atoms with van der Waals surface area (Å²) >= 11 is 0. The summed E-state index contributed by atoms with van der Waals surface area (Å²) in [5.41, 5.74) is 5.36. The Hall–Kier alpha value is -1.86. The number of hydrogen-bond acceptors (Lipinski definition) is 1. The molecule has 1 unspecified atom stereocenters. The fraction of sp³-hybridized carbons (Fsp3) is 0.125. The summed E-state index contributed by atoms with van der Waals surface area (Å²) in [6.45, 7) is 4.18. The van der Waals surface area contributed by atoms with E-state index in [1.165, 1.54) is 5.56 Å². The first-order chi connectivity index (χ1) is 8.27. The topological polar surface area (TPSA) is 20.2 Å². The molecule has 0 spiro atoms. The van der Waals surface area contributed by atoms with E-state index in [0.29, 0.717) is 6.42 Å². The zero-order valence-corrected chi connectivity index (χ0v) is 9.56. The fourth-order valence-corrected chi connectivity index (χ4v) is 2.52. The predicted molar refractivity (Wildman–Crippen MR) is 69.7 cm³/mol. The van der Waals surface area contributed by atoms with E-state index in [2.05, 4.69) is 18.7 Å². The molecule has 0 saturated carbocycles. The maximum absolute atomic E-state index is 10.3. The van der Waals surface area contributed by atoms with Crippen LogP contribution in [-0.4, -0.2) is 5.11 Å². The third kappa shape index (κ3) is 1.60. The van der Waals surface area contributed by atoms with Gasteiger partial charge in [-0.15, -0.1) is 0 Å². The second kappa shape index (κ2) is 3.86. The van der Waals surface area contributed by atoms with Crippen molar-refractivity contribution in [3.05, 3.63) is 77.4 Å². The van der Waals surface area contributed by atoms with Crippen LogP contribution in [0.15, 0.2) is 55.1 Å². The molecule has 0 aromatic heterocycles. The highest BCUT2D eigenvalue weighted by molar-refractivity contribution is 5.82. The summed E-state index contributed by atoms with van der Waals surface area (Å²) < 4.78 is 0. The Morgan fingerprint density at radius 3 is 2.41 bits per heavy atom. The molecule has 1 N–H and O–H groups in total. The number of aliphatic hydroxyl groups is 1. The highest BCUT2D eigenvalue weighted by Gasteiger charge is 2.21. The van der Waals surface area contributed by atoms with E-state index in [1.807, 2.05) is 36.4 Å². The average Bonchev–Trinajstić information content (AvgIpc) is 2.48. The van der Waals surface area contributed by atoms with E-state index < -0.39 is 6.10 Å². The fourth-order valence-electron chi connectivity index (χ4n) is 2.52. The molecule has 1 nitrogen and oxygen atoms in total. The van der Waals surface area contributed by atoms with Gasteiger partial charge in [-0.3, -0.25) is 0 Å². The van der Waals surface area contributed by atoms with E-state index >= 15 is 0 Å². The quantitative estimate of drug-likeness (QED) is 0.724. The van der Waals surface area contributed by atoms with E-state index in [9.17, 15) is 5.11 Å². The first-order valence-corrected chi connectivity index (χ1v) is 5.82. The summed E-state index contributed by atoms with van der Waals surface area (Å²) in [5, 5.41) is 10.3. The molecule has 0 aliphatic heterocycles. The summed E-state index contributed by atoms with van der Waals surface area (Å²) in [7, 11) is 0. The van der Waals surface area contributed by atoms with Crippen LogP contribution < -0.4 is 0 Å². The van der Waals surface area contributed by atoms with Gasteiger partial charge in [0, 0.05) is 6.42 Å². The lowest BCUT2D eigenvalue weighted by Crippen LogP contribution is -2.01. The number of fused-ring (bicyclic) bond motifs is 2. The molecule has 2 aromatic carbocycles. The molecule has 0 fully saturated rings. The molecular weight excluding hydrogens is 208 g/mol. The summed E-state index contributed by atoms with van der Waals surface area (Å²) in [6, 6.07) is 16.1. The van der Waals surface area contributed by atoms with Crippen molar-refractivity contribution < 1.29 is 5.11 Å². The minimum atomic E-state index is -0.438. The van der Waals surface area contributed by atoms with Crippen molar-refractivity contribution in [2.24, 2.45) is 0 Å². The molecular formula is C16H14O. The maximum atomic E-state index is 10.3. The molecule has 0 bridgehead atoms.